The maximum absolute atomic E-state index is 13.8. The highest BCUT2D eigenvalue weighted by atomic mass is 16.3. The Balaban J connectivity index is 2.26. The fourth-order valence-corrected chi connectivity index (χ4v) is 5.72. The van der Waals surface area contributed by atoms with Crippen molar-refractivity contribution >= 4 is 17.7 Å². The molecule has 9 heteroatoms. The quantitative estimate of drug-likeness (QED) is 0.163. The zero-order chi connectivity index (χ0) is 32.5. The van der Waals surface area contributed by atoms with E-state index in [1.165, 1.54) is 0 Å². The van der Waals surface area contributed by atoms with E-state index in [0.29, 0.717) is 38.3 Å². The van der Waals surface area contributed by atoms with Gasteiger partial charge in [-0.15, -0.1) is 24.7 Å². The van der Waals surface area contributed by atoms with E-state index in [4.69, 9.17) is 12.8 Å². The lowest BCUT2D eigenvalue weighted by Crippen LogP contribution is -2.57. The summed E-state index contributed by atoms with van der Waals surface area (Å²) in [6.45, 7) is 2.78. The molecule has 0 aromatic heterocycles. The van der Waals surface area contributed by atoms with Gasteiger partial charge in [-0.1, -0.05) is 62.4 Å². The van der Waals surface area contributed by atoms with Crippen molar-refractivity contribution in [2.45, 2.75) is 95.4 Å². The Kier molecular flexibility index (Phi) is 16.6. The zero-order valence-corrected chi connectivity index (χ0v) is 26.6. The fraction of sp³-hybridized carbons (Fsp3) is 0.629. The zero-order valence-electron chi connectivity index (χ0n) is 26.6. The van der Waals surface area contributed by atoms with E-state index in [-0.39, 0.29) is 18.7 Å². The summed E-state index contributed by atoms with van der Waals surface area (Å²) < 4.78 is 0. The summed E-state index contributed by atoms with van der Waals surface area (Å²) in [6, 6.07) is 7.57. The van der Waals surface area contributed by atoms with Crippen LogP contribution in [0, 0.1) is 42.4 Å². The number of carbonyl (C=O) groups excluding carboxylic acids is 3. The molecule has 6 atom stereocenters. The second-order valence-corrected chi connectivity index (χ2v) is 12.1. The van der Waals surface area contributed by atoms with Crippen LogP contribution < -0.4 is 16.0 Å². The number of likely N-dealkylation sites (N-methyl/N-ethyl adjacent to an activating group) is 2. The van der Waals surface area contributed by atoms with Gasteiger partial charge in [-0.05, 0) is 44.7 Å². The second kappa shape index (κ2) is 19.8. The van der Waals surface area contributed by atoms with Gasteiger partial charge in [0.05, 0.1) is 18.1 Å². The second-order valence-electron chi connectivity index (χ2n) is 12.1. The molecule has 1 aliphatic rings. The van der Waals surface area contributed by atoms with Crippen LogP contribution in [0.5, 0.6) is 0 Å². The SMILES string of the molecule is C#CCCC(O)[C@H](O)C(CC1CCCCC1)NC(=O)[C@@H](NC(=O)C(CC(=O)N(C)CCNC)Cc1ccccc1)C(C)C#C. The van der Waals surface area contributed by atoms with Crippen molar-refractivity contribution in [1.29, 1.82) is 0 Å². The number of nitrogens with zero attached hydrogens (tertiary/aromatic N) is 1. The van der Waals surface area contributed by atoms with E-state index in [1.807, 2.05) is 30.3 Å². The monoisotopic (exact) mass is 608 g/mol. The number of rotatable bonds is 18. The van der Waals surface area contributed by atoms with Crippen molar-refractivity contribution in [3.63, 3.8) is 0 Å². The summed E-state index contributed by atoms with van der Waals surface area (Å²) in [4.78, 5) is 42.2. The van der Waals surface area contributed by atoms with Crippen LogP contribution in [-0.4, -0.2) is 84.3 Å². The molecule has 1 aromatic carbocycles. The molecule has 0 spiro atoms. The van der Waals surface area contributed by atoms with Crippen LogP contribution in [0.25, 0.3) is 0 Å². The molecule has 1 saturated carbocycles. The molecule has 242 valence electrons. The molecule has 1 aromatic rings. The van der Waals surface area contributed by atoms with Crippen LogP contribution >= 0.6 is 0 Å². The van der Waals surface area contributed by atoms with E-state index < -0.39 is 47.9 Å². The molecular formula is C35H52N4O5. The summed E-state index contributed by atoms with van der Waals surface area (Å²) in [7, 11) is 3.50. The molecule has 3 amide bonds. The van der Waals surface area contributed by atoms with Gasteiger partial charge in [0, 0.05) is 38.9 Å². The summed E-state index contributed by atoms with van der Waals surface area (Å²) >= 11 is 0. The van der Waals surface area contributed by atoms with E-state index in [2.05, 4.69) is 27.8 Å². The predicted octanol–water partition coefficient (Wildman–Crippen LogP) is 2.26. The lowest BCUT2D eigenvalue weighted by Gasteiger charge is -2.34. The third-order valence-corrected chi connectivity index (χ3v) is 8.61. The Morgan fingerprint density at radius 1 is 1.05 bits per heavy atom. The Morgan fingerprint density at radius 2 is 1.73 bits per heavy atom. The van der Waals surface area contributed by atoms with Gasteiger partial charge >= 0.3 is 0 Å². The highest BCUT2D eigenvalue weighted by molar-refractivity contribution is 5.91. The molecular weight excluding hydrogens is 556 g/mol. The fourth-order valence-electron chi connectivity index (χ4n) is 5.72. The number of benzene rings is 1. The highest BCUT2D eigenvalue weighted by Crippen LogP contribution is 2.29. The number of aliphatic hydroxyl groups excluding tert-OH is 2. The topological polar surface area (TPSA) is 131 Å². The van der Waals surface area contributed by atoms with Gasteiger partial charge in [-0.3, -0.25) is 14.4 Å². The molecule has 0 bridgehead atoms. The summed E-state index contributed by atoms with van der Waals surface area (Å²) in [5.41, 5.74) is 0.890. The molecule has 0 saturated heterocycles. The van der Waals surface area contributed by atoms with Crippen molar-refractivity contribution in [1.82, 2.24) is 20.9 Å². The number of hydrogen-bond donors (Lipinski definition) is 5. The van der Waals surface area contributed by atoms with Gasteiger partial charge in [0.2, 0.25) is 17.7 Å². The minimum absolute atomic E-state index is 0.0376. The lowest BCUT2D eigenvalue weighted by molar-refractivity contribution is -0.137. The van der Waals surface area contributed by atoms with Crippen molar-refractivity contribution in [3.8, 4) is 24.7 Å². The average molecular weight is 609 g/mol. The Morgan fingerprint density at radius 3 is 2.34 bits per heavy atom. The molecule has 0 aliphatic heterocycles. The van der Waals surface area contributed by atoms with Gasteiger partial charge in [-0.25, -0.2) is 0 Å². The van der Waals surface area contributed by atoms with Gasteiger partial charge in [0.1, 0.15) is 12.1 Å². The maximum atomic E-state index is 13.8. The smallest absolute Gasteiger partial charge is 0.244 e. The summed E-state index contributed by atoms with van der Waals surface area (Å²) in [6.07, 6.45) is 15.3. The first-order chi connectivity index (χ1) is 21.1. The van der Waals surface area contributed by atoms with Crippen LogP contribution in [0.3, 0.4) is 0 Å². The predicted molar refractivity (Wildman–Crippen MR) is 173 cm³/mol. The first kappa shape index (κ1) is 36.8. The van der Waals surface area contributed by atoms with E-state index >= 15 is 0 Å². The normalized spacial score (nSPS) is 17.5. The third kappa shape index (κ3) is 12.3. The average Bonchev–Trinajstić information content (AvgIpc) is 3.04. The number of nitrogens with one attached hydrogen (secondary N) is 3. The van der Waals surface area contributed by atoms with E-state index in [9.17, 15) is 24.6 Å². The number of carbonyl (C=O) groups is 3. The largest absolute Gasteiger partial charge is 0.390 e. The van der Waals surface area contributed by atoms with Crippen LogP contribution in [0.15, 0.2) is 30.3 Å². The number of aliphatic hydroxyl groups is 2. The third-order valence-electron chi connectivity index (χ3n) is 8.61. The van der Waals surface area contributed by atoms with Gasteiger partial charge in [-0.2, -0.15) is 0 Å². The number of amides is 3. The van der Waals surface area contributed by atoms with Crippen LogP contribution in [0.2, 0.25) is 0 Å². The first-order valence-electron chi connectivity index (χ1n) is 15.9. The maximum Gasteiger partial charge on any atom is 0.244 e. The summed E-state index contributed by atoms with van der Waals surface area (Å²) in [5, 5.41) is 30.5. The van der Waals surface area contributed by atoms with Gasteiger partial charge in [0.15, 0.2) is 0 Å². The molecule has 9 nitrogen and oxygen atoms in total. The summed E-state index contributed by atoms with van der Waals surface area (Å²) in [5.74, 6) is 2.75. The Bertz CT molecular complexity index is 1110. The molecule has 1 fully saturated rings. The molecule has 0 radical (unpaired) electrons. The van der Waals surface area contributed by atoms with Crippen LogP contribution in [0.4, 0.5) is 0 Å². The highest BCUT2D eigenvalue weighted by Gasteiger charge is 2.35. The standard InChI is InChI=1S/C35H52N4O5/c1-6-8-19-30(40)33(42)29(23-27-17-13-10-14-18-27)37-35(44)32(25(3)7-2)38-34(43)28(22-26-15-11-9-12-16-26)24-31(41)39(5)21-20-36-4/h1-2,9,11-12,15-16,25,27-30,32-33,36,40,42H,8,10,13-14,17-24H2,3-5H3,(H,37,44)(H,38,43)/t25?,28?,29?,30?,32-,33+/m0/s1. The molecule has 1 aliphatic carbocycles. The molecule has 0 heterocycles. The van der Waals surface area contributed by atoms with Crippen molar-refractivity contribution in [2.24, 2.45) is 17.8 Å². The van der Waals surface area contributed by atoms with Crippen molar-refractivity contribution in [3.05, 3.63) is 35.9 Å². The number of hydrogen-bond acceptors (Lipinski definition) is 6. The molecule has 2 rings (SSSR count). The van der Waals surface area contributed by atoms with Gasteiger partial charge < -0.3 is 31.1 Å². The van der Waals surface area contributed by atoms with Crippen LogP contribution in [0.1, 0.15) is 70.3 Å². The van der Waals surface area contributed by atoms with Gasteiger partial charge in [0.25, 0.3) is 0 Å². The molecule has 5 N–H and O–H groups in total. The van der Waals surface area contributed by atoms with Crippen molar-refractivity contribution < 1.29 is 24.6 Å². The minimum atomic E-state index is -1.23. The minimum Gasteiger partial charge on any atom is -0.390 e. The van der Waals surface area contributed by atoms with Crippen molar-refractivity contribution in [2.75, 3.05) is 27.2 Å². The number of terminal acetylenes is 2. The lowest BCUT2D eigenvalue weighted by atomic mass is 9.82. The first-order valence-corrected chi connectivity index (χ1v) is 15.9. The molecule has 4 unspecified atom stereocenters. The van der Waals surface area contributed by atoms with E-state index in [0.717, 1.165) is 37.7 Å². The van der Waals surface area contributed by atoms with E-state index in [1.54, 1.807) is 25.9 Å². The molecule has 44 heavy (non-hydrogen) atoms. The Hall–Kier alpha value is -3.37. The Labute approximate surface area is 263 Å². The van der Waals surface area contributed by atoms with Crippen LogP contribution in [-0.2, 0) is 20.8 Å².